The lowest BCUT2D eigenvalue weighted by Crippen LogP contribution is -3.19. The van der Waals surface area contributed by atoms with Gasteiger partial charge in [-0.05, 0) is 38.1 Å². The first-order valence-corrected chi connectivity index (χ1v) is 11.1. The summed E-state index contributed by atoms with van der Waals surface area (Å²) in [5.74, 6) is 0.584. The number of piperazine rings is 1. The van der Waals surface area contributed by atoms with E-state index in [0.717, 1.165) is 10.5 Å². The van der Waals surface area contributed by atoms with Crippen molar-refractivity contribution in [3.63, 3.8) is 0 Å². The van der Waals surface area contributed by atoms with E-state index in [2.05, 4.69) is 5.32 Å². The van der Waals surface area contributed by atoms with E-state index in [1.165, 1.54) is 4.31 Å². The second kappa shape index (κ2) is 8.94. The average Bonchev–Trinajstić information content (AvgIpc) is 2.73. The molecule has 1 atom stereocenters. The number of amides is 1. The van der Waals surface area contributed by atoms with Crippen LogP contribution in [0.5, 0.6) is 5.75 Å². The van der Waals surface area contributed by atoms with Crippen LogP contribution in [0, 0.1) is 6.92 Å². The molecule has 1 fully saturated rings. The van der Waals surface area contributed by atoms with Gasteiger partial charge in [0.1, 0.15) is 5.75 Å². The van der Waals surface area contributed by atoms with Gasteiger partial charge in [0.05, 0.1) is 38.2 Å². The highest BCUT2D eigenvalue weighted by molar-refractivity contribution is 7.89. The van der Waals surface area contributed by atoms with Gasteiger partial charge in [-0.1, -0.05) is 23.8 Å². The van der Waals surface area contributed by atoms with E-state index in [4.69, 9.17) is 4.74 Å². The smallest absolute Gasteiger partial charge is 0.282 e. The minimum atomic E-state index is -3.50. The van der Waals surface area contributed by atoms with Crippen LogP contribution in [0.25, 0.3) is 0 Å². The molecule has 0 radical (unpaired) electrons. The monoisotopic (exact) mass is 418 g/mol. The maximum atomic E-state index is 12.8. The maximum Gasteiger partial charge on any atom is 0.282 e. The molecular formula is C21H28N3O4S+. The van der Waals surface area contributed by atoms with Crippen LogP contribution >= 0.6 is 0 Å². The Morgan fingerprint density at radius 1 is 1.14 bits per heavy atom. The van der Waals surface area contributed by atoms with Crippen molar-refractivity contribution in [3.05, 3.63) is 54.1 Å². The number of ether oxygens (including phenoxy) is 1. The van der Waals surface area contributed by atoms with Gasteiger partial charge >= 0.3 is 0 Å². The van der Waals surface area contributed by atoms with Gasteiger partial charge in [0.15, 0.2) is 6.04 Å². The van der Waals surface area contributed by atoms with Crippen LogP contribution in [0.1, 0.15) is 12.5 Å². The molecule has 2 aromatic rings. The molecule has 29 heavy (non-hydrogen) atoms. The van der Waals surface area contributed by atoms with Gasteiger partial charge in [0, 0.05) is 11.8 Å². The van der Waals surface area contributed by atoms with E-state index >= 15 is 0 Å². The highest BCUT2D eigenvalue weighted by Gasteiger charge is 2.34. The van der Waals surface area contributed by atoms with Gasteiger partial charge in [-0.3, -0.25) is 4.79 Å². The molecule has 2 N–H and O–H groups in total. The lowest BCUT2D eigenvalue weighted by atomic mass is 10.2. The van der Waals surface area contributed by atoms with E-state index in [1.54, 1.807) is 37.4 Å². The normalized spacial score (nSPS) is 16.9. The van der Waals surface area contributed by atoms with Gasteiger partial charge in [0.25, 0.3) is 5.91 Å². The summed E-state index contributed by atoms with van der Waals surface area (Å²) in [7, 11) is -1.92. The number of aryl methyl sites for hydroxylation is 1. The second-order valence-electron chi connectivity index (χ2n) is 7.32. The predicted molar refractivity (Wildman–Crippen MR) is 112 cm³/mol. The SMILES string of the molecule is COc1cccc(NC(=O)[C@@H](C)[NH+]2CCN(S(=O)(=O)c3ccc(C)cc3)CC2)c1. The van der Waals surface area contributed by atoms with Crippen molar-refractivity contribution in [2.45, 2.75) is 24.8 Å². The summed E-state index contributed by atoms with van der Waals surface area (Å²) in [6.07, 6.45) is 0. The van der Waals surface area contributed by atoms with Crippen LogP contribution in [-0.4, -0.2) is 58.0 Å². The standard InChI is InChI=1S/C21H27N3O4S/c1-16-7-9-20(10-8-16)29(26,27)24-13-11-23(12-14-24)17(2)21(25)22-18-5-4-6-19(15-18)28-3/h4-10,15,17H,11-14H2,1-3H3,(H,22,25)/p+1/t17-/m1/s1. The fourth-order valence-electron chi connectivity index (χ4n) is 3.44. The molecule has 0 aliphatic carbocycles. The van der Waals surface area contributed by atoms with Crippen LogP contribution in [-0.2, 0) is 14.8 Å². The molecule has 1 heterocycles. The van der Waals surface area contributed by atoms with Gasteiger partial charge in [0.2, 0.25) is 10.0 Å². The first kappa shape index (κ1) is 21.3. The Bertz CT molecular complexity index is 952. The molecule has 7 nitrogen and oxygen atoms in total. The Hall–Kier alpha value is -2.42. The van der Waals surface area contributed by atoms with Gasteiger partial charge in [-0.25, -0.2) is 8.42 Å². The highest BCUT2D eigenvalue weighted by Crippen LogP contribution is 2.17. The predicted octanol–water partition coefficient (Wildman–Crippen LogP) is 0.920. The summed E-state index contributed by atoms with van der Waals surface area (Å²) in [6, 6.07) is 13.8. The summed E-state index contributed by atoms with van der Waals surface area (Å²) < 4.78 is 32.4. The Balaban J connectivity index is 1.59. The third-order valence-corrected chi connectivity index (χ3v) is 7.28. The number of quaternary nitrogens is 1. The molecular weight excluding hydrogens is 390 g/mol. The number of nitrogens with zero attached hydrogens (tertiary/aromatic N) is 1. The molecule has 0 unspecified atom stereocenters. The molecule has 0 saturated carbocycles. The number of methoxy groups -OCH3 is 1. The first-order valence-electron chi connectivity index (χ1n) is 9.67. The number of benzene rings is 2. The number of sulfonamides is 1. The second-order valence-corrected chi connectivity index (χ2v) is 9.26. The molecule has 0 spiro atoms. The van der Waals surface area contributed by atoms with Crippen LogP contribution in [0.2, 0.25) is 0 Å². The molecule has 1 aliphatic rings. The maximum absolute atomic E-state index is 12.8. The van der Waals surface area contributed by atoms with Gasteiger partial charge in [-0.15, -0.1) is 0 Å². The lowest BCUT2D eigenvalue weighted by molar-refractivity contribution is -0.917. The molecule has 1 saturated heterocycles. The minimum Gasteiger partial charge on any atom is -0.497 e. The fraction of sp³-hybridized carbons (Fsp3) is 0.381. The number of anilines is 1. The molecule has 0 aromatic heterocycles. The third-order valence-electron chi connectivity index (χ3n) is 5.37. The Labute approximate surface area is 172 Å². The topological polar surface area (TPSA) is 80.2 Å². The fourth-order valence-corrected chi connectivity index (χ4v) is 4.88. The number of hydrogen-bond acceptors (Lipinski definition) is 4. The van der Waals surface area contributed by atoms with Crippen LogP contribution in [0.3, 0.4) is 0 Å². The molecule has 8 heteroatoms. The zero-order valence-electron chi connectivity index (χ0n) is 17.0. The number of carbonyl (C=O) groups excluding carboxylic acids is 1. The van der Waals surface area contributed by atoms with Crippen LogP contribution < -0.4 is 15.0 Å². The van der Waals surface area contributed by atoms with Crippen molar-refractivity contribution in [2.24, 2.45) is 0 Å². The van der Waals surface area contributed by atoms with Crippen molar-refractivity contribution < 1.29 is 22.8 Å². The summed E-state index contributed by atoms with van der Waals surface area (Å²) in [4.78, 5) is 14.0. The Morgan fingerprint density at radius 3 is 2.41 bits per heavy atom. The number of rotatable bonds is 6. The number of hydrogen-bond donors (Lipinski definition) is 2. The van der Waals surface area contributed by atoms with Crippen LogP contribution in [0.15, 0.2) is 53.4 Å². The quantitative estimate of drug-likeness (QED) is 0.731. The van der Waals surface area contributed by atoms with Crippen molar-refractivity contribution in [2.75, 3.05) is 38.6 Å². The van der Waals surface area contributed by atoms with Crippen LogP contribution in [0.4, 0.5) is 5.69 Å². The van der Waals surface area contributed by atoms with Crippen molar-refractivity contribution in [1.82, 2.24) is 4.31 Å². The molecule has 156 valence electrons. The molecule has 1 amide bonds. The van der Waals surface area contributed by atoms with E-state index in [9.17, 15) is 13.2 Å². The first-order chi connectivity index (χ1) is 13.8. The number of carbonyl (C=O) groups is 1. The van der Waals surface area contributed by atoms with E-state index < -0.39 is 10.0 Å². The summed E-state index contributed by atoms with van der Waals surface area (Å²) >= 11 is 0. The Kier molecular flexibility index (Phi) is 6.56. The molecule has 1 aliphatic heterocycles. The largest absolute Gasteiger partial charge is 0.497 e. The molecule has 0 bridgehead atoms. The minimum absolute atomic E-state index is 0.0944. The lowest BCUT2D eigenvalue weighted by Gasteiger charge is -2.34. The highest BCUT2D eigenvalue weighted by atomic mass is 32.2. The van der Waals surface area contributed by atoms with Gasteiger partial charge < -0.3 is 15.0 Å². The number of nitrogens with one attached hydrogen (secondary N) is 2. The third kappa shape index (κ3) is 4.95. The summed E-state index contributed by atoms with van der Waals surface area (Å²) in [5.41, 5.74) is 1.70. The summed E-state index contributed by atoms with van der Waals surface area (Å²) in [5, 5.41) is 2.91. The zero-order valence-corrected chi connectivity index (χ0v) is 17.8. The van der Waals surface area contributed by atoms with E-state index in [-0.39, 0.29) is 11.9 Å². The van der Waals surface area contributed by atoms with E-state index in [0.29, 0.717) is 42.5 Å². The Morgan fingerprint density at radius 2 is 1.79 bits per heavy atom. The van der Waals surface area contributed by atoms with E-state index in [1.807, 2.05) is 32.0 Å². The zero-order chi connectivity index (χ0) is 21.0. The molecule has 3 rings (SSSR count). The van der Waals surface area contributed by atoms with Crippen molar-refractivity contribution in [1.29, 1.82) is 0 Å². The summed E-state index contributed by atoms with van der Waals surface area (Å²) in [6.45, 7) is 5.74. The van der Waals surface area contributed by atoms with Crippen molar-refractivity contribution >= 4 is 21.6 Å². The molecule has 2 aromatic carbocycles. The average molecular weight is 419 g/mol. The van der Waals surface area contributed by atoms with Gasteiger partial charge in [-0.2, -0.15) is 4.31 Å². The van der Waals surface area contributed by atoms with Crippen molar-refractivity contribution in [3.8, 4) is 5.75 Å².